The Hall–Kier alpha value is -0.890. The van der Waals surface area contributed by atoms with Crippen LogP contribution in [0.25, 0.3) is 0 Å². The SMILES string of the molecule is CCC(N[C@H](C)C1CCCCC1)c1ccccc1F. The van der Waals surface area contributed by atoms with Gasteiger partial charge in [0.2, 0.25) is 0 Å². The topological polar surface area (TPSA) is 12.0 Å². The van der Waals surface area contributed by atoms with Crippen LogP contribution in [0, 0.1) is 11.7 Å². The minimum Gasteiger partial charge on any atom is -0.307 e. The minimum absolute atomic E-state index is 0.0855. The molecular formula is C17H26FN. The van der Waals surface area contributed by atoms with E-state index in [0.29, 0.717) is 6.04 Å². The van der Waals surface area contributed by atoms with Crippen LogP contribution in [0.15, 0.2) is 24.3 Å². The summed E-state index contributed by atoms with van der Waals surface area (Å²) in [6, 6.07) is 7.77. The van der Waals surface area contributed by atoms with Crippen LogP contribution in [-0.4, -0.2) is 6.04 Å². The molecule has 0 amide bonds. The molecule has 0 bridgehead atoms. The van der Waals surface area contributed by atoms with Gasteiger partial charge in [-0.2, -0.15) is 0 Å². The Kier molecular flexibility index (Phi) is 5.38. The molecule has 2 heteroatoms. The predicted molar refractivity (Wildman–Crippen MR) is 78.6 cm³/mol. The summed E-state index contributed by atoms with van der Waals surface area (Å²) in [6.07, 6.45) is 7.66. The average Bonchev–Trinajstić information content (AvgIpc) is 2.46. The third kappa shape index (κ3) is 3.79. The highest BCUT2D eigenvalue weighted by atomic mass is 19.1. The van der Waals surface area contributed by atoms with Crippen molar-refractivity contribution < 1.29 is 4.39 Å². The van der Waals surface area contributed by atoms with E-state index in [1.807, 2.05) is 12.1 Å². The van der Waals surface area contributed by atoms with Gasteiger partial charge in [0, 0.05) is 17.6 Å². The minimum atomic E-state index is -0.0855. The van der Waals surface area contributed by atoms with Crippen LogP contribution < -0.4 is 5.32 Å². The van der Waals surface area contributed by atoms with Crippen molar-refractivity contribution >= 4 is 0 Å². The molecule has 0 aromatic heterocycles. The Balaban J connectivity index is 2.00. The second kappa shape index (κ2) is 7.04. The molecule has 1 nitrogen and oxygen atoms in total. The number of hydrogen-bond acceptors (Lipinski definition) is 1. The zero-order chi connectivity index (χ0) is 13.7. The molecule has 106 valence electrons. The fourth-order valence-electron chi connectivity index (χ4n) is 3.27. The van der Waals surface area contributed by atoms with E-state index in [2.05, 4.69) is 19.2 Å². The van der Waals surface area contributed by atoms with Gasteiger partial charge in [-0.25, -0.2) is 4.39 Å². The van der Waals surface area contributed by atoms with Gasteiger partial charge >= 0.3 is 0 Å². The second-order valence-corrected chi connectivity index (χ2v) is 5.84. The van der Waals surface area contributed by atoms with Gasteiger partial charge in [-0.05, 0) is 38.2 Å². The number of halogens is 1. The molecule has 0 heterocycles. The van der Waals surface area contributed by atoms with Crippen LogP contribution >= 0.6 is 0 Å². The largest absolute Gasteiger partial charge is 0.307 e. The van der Waals surface area contributed by atoms with Gasteiger partial charge in [-0.1, -0.05) is 44.4 Å². The van der Waals surface area contributed by atoms with Gasteiger partial charge in [0.25, 0.3) is 0 Å². The predicted octanol–water partition coefficient (Wildman–Crippen LogP) is 4.84. The lowest BCUT2D eigenvalue weighted by Crippen LogP contribution is -2.37. The van der Waals surface area contributed by atoms with Gasteiger partial charge in [0.05, 0.1) is 0 Å². The van der Waals surface area contributed by atoms with Gasteiger partial charge in [-0.15, -0.1) is 0 Å². The maximum Gasteiger partial charge on any atom is 0.127 e. The van der Waals surface area contributed by atoms with Crippen molar-refractivity contribution in [3.63, 3.8) is 0 Å². The molecule has 1 aliphatic rings. The summed E-state index contributed by atoms with van der Waals surface area (Å²) in [5.74, 6) is 0.673. The van der Waals surface area contributed by atoms with E-state index in [1.165, 1.54) is 32.1 Å². The Morgan fingerprint density at radius 2 is 1.89 bits per heavy atom. The highest BCUT2D eigenvalue weighted by Gasteiger charge is 2.23. The first-order chi connectivity index (χ1) is 9.22. The third-order valence-electron chi connectivity index (χ3n) is 4.51. The first kappa shape index (κ1) is 14.5. The van der Waals surface area contributed by atoms with E-state index in [0.717, 1.165) is 17.9 Å². The lowest BCUT2D eigenvalue weighted by atomic mass is 9.84. The average molecular weight is 263 g/mol. The molecule has 1 N–H and O–H groups in total. The van der Waals surface area contributed by atoms with Crippen LogP contribution in [0.1, 0.15) is 64.0 Å². The van der Waals surface area contributed by atoms with Crippen molar-refractivity contribution in [2.45, 2.75) is 64.5 Å². The molecule has 1 aromatic rings. The number of nitrogens with one attached hydrogen (secondary N) is 1. The van der Waals surface area contributed by atoms with E-state index in [-0.39, 0.29) is 11.9 Å². The molecule has 1 fully saturated rings. The Labute approximate surface area is 116 Å². The molecule has 0 aliphatic heterocycles. The molecule has 19 heavy (non-hydrogen) atoms. The normalized spacial score (nSPS) is 20.2. The van der Waals surface area contributed by atoms with E-state index >= 15 is 0 Å². The molecule has 2 rings (SSSR count). The van der Waals surface area contributed by atoms with Crippen LogP contribution in [0.3, 0.4) is 0 Å². The molecule has 0 spiro atoms. The van der Waals surface area contributed by atoms with Crippen molar-refractivity contribution in [2.24, 2.45) is 5.92 Å². The van der Waals surface area contributed by atoms with Gasteiger partial charge < -0.3 is 5.32 Å². The molecule has 2 atom stereocenters. The zero-order valence-corrected chi connectivity index (χ0v) is 12.2. The number of rotatable bonds is 5. The van der Waals surface area contributed by atoms with Gasteiger partial charge in [0.1, 0.15) is 5.82 Å². The van der Waals surface area contributed by atoms with Gasteiger partial charge in [-0.3, -0.25) is 0 Å². The number of benzene rings is 1. The summed E-state index contributed by atoms with van der Waals surface area (Å²) in [5.41, 5.74) is 0.813. The summed E-state index contributed by atoms with van der Waals surface area (Å²) in [6.45, 7) is 4.39. The van der Waals surface area contributed by atoms with Crippen LogP contribution in [-0.2, 0) is 0 Å². The zero-order valence-electron chi connectivity index (χ0n) is 12.2. The molecule has 0 radical (unpaired) electrons. The molecule has 1 unspecified atom stereocenters. The number of hydrogen-bond donors (Lipinski definition) is 1. The standard InChI is InChI=1S/C17H26FN/c1-3-17(15-11-7-8-12-16(15)18)19-13(2)14-9-5-4-6-10-14/h7-8,11-14,17,19H,3-6,9-10H2,1-2H3/t13-,17?/m1/s1. The first-order valence-corrected chi connectivity index (χ1v) is 7.72. The molecule has 0 saturated heterocycles. The Morgan fingerprint density at radius 1 is 1.21 bits per heavy atom. The fourth-order valence-corrected chi connectivity index (χ4v) is 3.27. The van der Waals surface area contributed by atoms with E-state index in [9.17, 15) is 4.39 Å². The van der Waals surface area contributed by atoms with Crippen molar-refractivity contribution in [1.82, 2.24) is 5.32 Å². The summed E-state index contributed by atoms with van der Waals surface area (Å²) < 4.78 is 13.9. The summed E-state index contributed by atoms with van der Waals surface area (Å²) >= 11 is 0. The van der Waals surface area contributed by atoms with Crippen molar-refractivity contribution in [3.8, 4) is 0 Å². The lowest BCUT2D eigenvalue weighted by molar-refractivity contribution is 0.261. The molecular weight excluding hydrogens is 237 g/mol. The van der Waals surface area contributed by atoms with E-state index in [1.54, 1.807) is 12.1 Å². The highest BCUT2D eigenvalue weighted by molar-refractivity contribution is 5.21. The molecule has 1 aromatic carbocycles. The summed E-state index contributed by atoms with van der Waals surface area (Å²) in [5, 5.41) is 3.65. The van der Waals surface area contributed by atoms with Crippen molar-refractivity contribution in [3.05, 3.63) is 35.6 Å². The molecule has 1 saturated carbocycles. The lowest BCUT2D eigenvalue weighted by Gasteiger charge is -2.31. The Morgan fingerprint density at radius 3 is 2.53 bits per heavy atom. The van der Waals surface area contributed by atoms with Crippen LogP contribution in [0.5, 0.6) is 0 Å². The highest BCUT2D eigenvalue weighted by Crippen LogP contribution is 2.28. The first-order valence-electron chi connectivity index (χ1n) is 7.72. The summed E-state index contributed by atoms with van der Waals surface area (Å²) in [7, 11) is 0. The summed E-state index contributed by atoms with van der Waals surface area (Å²) in [4.78, 5) is 0. The smallest absolute Gasteiger partial charge is 0.127 e. The monoisotopic (exact) mass is 263 g/mol. The van der Waals surface area contributed by atoms with Crippen molar-refractivity contribution in [2.75, 3.05) is 0 Å². The maximum absolute atomic E-state index is 13.9. The second-order valence-electron chi connectivity index (χ2n) is 5.84. The quantitative estimate of drug-likeness (QED) is 0.802. The van der Waals surface area contributed by atoms with Crippen LogP contribution in [0.2, 0.25) is 0 Å². The molecule has 1 aliphatic carbocycles. The maximum atomic E-state index is 13.9. The third-order valence-corrected chi connectivity index (χ3v) is 4.51. The van der Waals surface area contributed by atoms with E-state index < -0.39 is 0 Å². The van der Waals surface area contributed by atoms with Crippen molar-refractivity contribution in [1.29, 1.82) is 0 Å². The Bertz CT molecular complexity index is 385. The van der Waals surface area contributed by atoms with Gasteiger partial charge in [0.15, 0.2) is 0 Å². The van der Waals surface area contributed by atoms with E-state index in [4.69, 9.17) is 0 Å². The fraction of sp³-hybridized carbons (Fsp3) is 0.647. The van der Waals surface area contributed by atoms with Crippen LogP contribution in [0.4, 0.5) is 4.39 Å².